The Kier molecular flexibility index (Phi) is 4.57. The molecule has 0 atom stereocenters. The second-order valence-corrected chi connectivity index (χ2v) is 6.88. The van der Waals surface area contributed by atoms with Crippen LogP contribution in [-0.2, 0) is 4.79 Å². The quantitative estimate of drug-likeness (QED) is 0.708. The van der Waals surface area contributed by atoms with Gasteiger partial charge in [-0.05, 0) is 54.8 Å². The summed E-state index contributed by atoms with van der Waals surface area (Å²) in [6, 6.07) is 5.24. The largest absolute Gasteiger partial charge is 0.351 e. The Morgan fingerprint density at radius 3 is 2.67 bits per heavy atom. The number of thioether (sulfide) groups is 1. The summed E-state index contributed by atoms with van der Waals surface area (Å²) in [5.41, 5.74) is 0.784. The molecule has 3 rings (SSSR count). The molecule has 0 saturated carbocycles. The number of amidine groups is 1. The molecule has 0 spiro atoms. The SMILES string of the molecule is O=C1N=C(N2CCCCC2)S/C1=C\c1ccc(Cl)cc1Cl. The van der Waals surface area contributed by atoms with Crippen LogP contribution in [0.15, 0.2) is 28.1 Å². The van der Waals surface area contributed by atoms with Crippen molar-refractivity contribution in [2.24, 2.45) is 4.99 Å². The van der Waals surface area contributed by atoms with E-state index >= 15 is 0 Å². The Hall–Kier alpha value is -0.970. The maximum atomic E-state index is 12.0. The fraction of sp³-hybridized carbons (Fsp3) is 0.333. The molecule has 0 N–H and O–H groups in total. The smallest absolute Gasteiger partial charge is 0.286 e. The van der Waals surface area contributed by atoms with Gasteiger partial charge < -0.3 is 4.90 Å². The van der Waals surface area contributed by atoms with Crippen LogP contribution in [0.5, 0.6) is 0 Å². The topological polar surface area (TPSA) is 32.7 Å². The Morgan fingerprint density at radius 2 is 1.95 bits per heavy atom. The second kappa shape index (κ2) is 6.42. The lowest BCUT2D eigenvalue weighted by atomic mass is 10.1. The van der Waals surface area contributed by atoms with Crippen molar-refractivity contribution in [1.29, 1.82) is 0 Å². The lowest BCUT2D eigenvalue weighted by Gasteiger charge is -2.27. The van der Waals surface area contributed by atoms with Crippen LogP contribution >= 0.6 is 35.0 Å². The van der Waals surface area contributed by atoms with E-state index in [9.17, 15) is 4.79 Å². The fourth-order valence-electron chi connectivity index (χ4n) is 2.38. The van der Waals surface area contributed by atoms with Crippen LogP contribution in [-0.4, -0.2) is 29.1 Å². The summed E-state index contributed by atoms with van der Waals surface area (Å²) < 4.78 is 0. The number of carbonyl (C=O) groups excluding carboxylic acids is 1. The van der Waals surface area contributed by atoms with Crippen molar-refractivity contribution in [2.75, 3.05) is 13.1 Å². The minimum absolute atomic E-state index is 0.188. The van der Waals surface area contributed by atoms with Gasteiger partial charge in [-0.1, -0.05) is 29.3 Å². The molecule has 2 aliphatic rings. The first kappa shape index (κ1) is 14.9. The molecule has 1 saturated heterocycles. The van der Waals surface area contributed by atoms with Crippen LogP contribution in [0.25, 0.3) is 6.08 Å². The molecule has 0 aliphatic carbocycles. The predicted molar refractivity (Wildman–Crippen MR) is 89.9 cm³/mol. The summed E-state index contributed by atoms with van der Waals surface area (Å²) in [6.45, 7) is 1.96. The van der Waals surface area contributed by atoms with Gasteiger partial charge in [0.15, 0.2) is 5.17 Å². The first-order chi connectivity index (χ1) is 10.1. The molecule has 0 aromatic heterocycles. The average Bonchev–Trinajstić information content (AvgIpc) is 2.84. The zero-order valence-electron chi connectivity index (χ0n) is 11.3. The van der Waals surface area contributed by atoms with Gasteiger partial charge >= 0.3 is 0 Å². The summed E-state index contributed by atoms with van der Waals surface area (Å²) in [7, 11) is 0. The third kappa shape index (κ3) is 3.44. The van der Waals surface area contributed by atoms with Crippen molar-refractivity contribution >= 4 is 52.1 Å². The van der Waals surface area contributed by atoms with E-state index in [1.54, 1.807) is 18.2 Å². The van der Waals surface area contributed by atoms with Gasteiger partial charge in [-0.2, -0.15) is 4.99 Å². The number of halogens is 2. The van der Waals surface area contributed by atoms with E-state index < -0.39 is 0 Å². The first-order valence-corrected chi connectivity index (χ1v) is 8.43. The lowest BCUT2D eigenvalue weighted by Crippen LogP contribution is -2.33. The zero-order chi connectivity index (χ0) is 14.8. The van der Waals surface area contributed by atoms with E-state index in [0.29, 0.717) is 15.0 Å². The minimum Gasteiger partial charge on any atom is -0.351 e. The fourth-order valence-corrected chi connectivity index (χ4v) is 3.80. The van der Waals surface area contributed by atoms with Gasteiger partial charge in [0, 0.05) is 23.1 Å². The number of hydrogen-bond acceptors (Lipinski definition) is 3. The van der Waals surface area contributed by atoms with Crippen molar-refractivity contribution in [3.63, 3.8) is 0 Å². The van der Waals surface area contributed by atoms with Crippen molar-refractivity contribution in [3.05, 3.63) is 38.7 Å². The summed E-state index contributed by atoms with van der Waals surface area (Å²) in [5, 5.41) is 1.93. The number of likely N-dealkylation sites (tertiary alicyclic amines) is 1. The van der Waals surface area contributed by atoms with Crippen LogP contribution < -0.4 is 0 Å². The molecule has 1 fully saturated rings. The highest BCUT2D eigenvalue weighted by molar-refractivity contribution is 8.18. The summed E-state index contributed by atoms with van der Waals surface area (Å²) in [5.74, 6) is -0.188. The molecule has 1 aromatic carbocycles. The zero-order valence-corrected chi connectivity index (χ0v) is 13.6. The Bertz CT molecular complexity index is 637. The molecule has 1 aromatic rings. The van der Waals surface area contributed by atoms with E-state index in [-0.39, 0.29) is 5.91 Å². The third-order valence-electron chi connectivity index (χ3n) is 3.48. The summed E-state index contributed by atoms with van der Waals surface area (Å²) in [4.78, 5) is 19.0. The van der Waals surface area contributed by atoms with Crippen molar-refractivity contribution in [2.45, 2.75) is 19.3 Å². The number of piperidine rings is 1. The molecular formula is C15H14Cl2N2OS. The molecule has 1 amide bonds. The van der Waals surface area contributed by atoms with E-state index in [4.69, 9.17) is 23.2 Å². The molecule has 2 aliphatic heterocycles. The highest BCUT2D eigenvalue weighted by Gasteiger charge is 2.27. The molecular weight excluding hydrogens is 327 g/mol. The van der Waals surface area contributed by atoms with Crippen LogP contribution in [0.1, 0.15) is 24.8 Å². The third-order valence-corrected chi connectivity index (χ3v) is 5.09. The van der Waals surface area contributed by atoms with Crippen molar-refractivity contribution in [1.82, 2.24) is 4.90 Å². The van der Waals surface area contributed by atoms with Gasteiger partial charge in [-0.25, -0.2) is 0 Å². The number of aliphatic imine (C=N–C) groups is 1. The summed E-state index contributed by atoms with van der Waals surface area (Å²) >= 11 is 13.5. The number of benzene rings is 1. The van der Waals surface area contributed by atoms with Gasteiger partial charge in [0.25, 0.3) is 5.91 Å². The molecule has 0 bridgehead atoms. The number of hydrogen-bond donors (Lipinski definition) is 0. The number of rotatable bonds is 1. The Morgan fingerprint density at radius 1 is 1.19 bits per heavy atom. The van der Waals surface area contributed by atoms with Gasteiger partial charge in [-0.15, -0.1) is 0 Å². The molecule has 0 unspecified atom stereocenters. The molecule has 21 heavy (non-hydrogen) atoms. The van der Waals surface area contributed by atoms with E-state index in [2.05, 4.69) is 9.89 Å². The highest BCUT2D eigenvalue weighted by atomic mass is 35.5. The predicted octanol–water partition coefficient (Wildman–Crippen LogP) is 4.45. The van der Waals surface area contributed by atoms with Crippen molar-refractivity contribution in [3.8, 4) is 0 Å². The standard InChI is InChI=1S/C15H14Cl2N2OS/c16-11-5-4-10(12(17)9-11)8-13-14(20)18-15(21-13)19-6-2-1-3-7-19/h4-5,8-9H,1-3,6-7H2/b13-8-. The van der Waals surface area contributed by atoms with Crippen LogP contribution in [0.4, 0.5) is 0 Å². The second-order valence-electron chi connectivity index (χ2n) is 5.02. The lowest BCUT2D eigenvalue weighted by molar-refractivity contribution is -0.113. The van der Waals surface area contributed by atoms with Gasteiger partial charge in [0.05, 0.1) is 4.91 Å². The Balaban J connectivity index is 1.79. The molecule has 0 radical (unpaired) electrons. The van der Waals surface area contributed by atoms with Gasteiger partial charge in [0.1, 0.15) is 0 Å². The minimum atomic E-state index is -0.188. The highest BCUT2D eigenvalue weighted by Crippen LogP contribution is 2.33. The molecule has 110 valence electrons. The van der Waals surface area contributed by atoms with E-state index in [1.165, 1.54) is 18.2 Å². The van der Waals surface area contributed by atoms with Gasteiger partial charge in [-0.3, -0.25) is 4.79 Å². The van der Waals surface area contributed by atoms with E-state index in [0.717, 1.165) is 36.7 Å². The first-order valence-electron chi connectivity index (χ1n) is 6.86. The van der Waals surface area contributed by atoms with Crippen molar-refractivity contribution < 1.29 is 4.79 Å². The normalized spacial score (nSPS) is 21.0. The monoisotopic (exact) mass is 340 g/mol. The molecule has 6 heteroatoms. The number of nitrogens with zero attached hydrogens (tertiary/aromatic N) is 2. The molecule has 3 nitrogen and oxygen atoms in total. The van der Waals surface area contributed by atoms with Crippen LogP contribution in [0, 0.1) is 0 Å². The van der Waals surface area contributed by atoms with Gasteiger partial charge in [0.2, 0.25) is 0 Å². The van der Waals surface area contributed by atoms with E-state index in [1.807, 2.05) is 6.07 Å². The summed E-state index contributed by atoms with van der Waals surface area (Å²) in [6.07, 6.45) is 5.36. The molecule has 2 heterocycles. The van der Waals surface area contributed by atoms with Crippen LogP contribution in [0.2, 0.25) is 10.0 Å². The average molecular weight is 341 g/mol. The van der Waals surface area contributed by atoms with Crippen LogP contribution in [0.3, 0.4) is 0 Å². The number of amides is 1. The Labute approximate surface area is 138 Å². The maximum absolute atomic E-state index is 12.0. The maximum Gasteiger partial charge on any atom is 0.286 e. The number of carbonyl (C=O) groups is 1.